The molecule has 2 aromatic rings. The molecule has 0 amide bonds. The van der Waals surface area contributed by atoms with Crippen molar-refractivity contribution >= 4 is 26.8 Å². The van der Waals surface area contributed by atoms with Gasteiger partial charge in [-0.15, -0.1) is 0 Å². The van der Waals surface area contributed by atoms with Crippen LogP contribution in [-0.2, 0) is 4.74 Å². The zero-order chi connectivity index (χ0) is 14.7. The highest BCUT2D eigenvalue weighted by molar-refractivity contribution is 9.10. The van der Waals surface area contributed by atoms with Crippen LogP contribution in [0.25, 0.3) is 10.9 Å². The summed E-state index contributed by atoms with van der Waals surface area (Å²) in [4.78, 5) is 4.57. The molecule has 1 N–H and O–H groups in total. The smallest absolute Gasteiger partial charge is 0.0860 e. The minimum absolute atomic E-state index is 0.138. The molecule has 0 radical (unpaired) electrons. The molecule has 3 nitrogen and oxygen atoms in total. The second-order valence-electron chi connectivity index (χ2n) is 5.57. The summed E-state index contributed by atoms with van der Waals surface area (Å²) in [7, 11) is 0. The van der Waals surface area contributed by atoms with Gasteiger partial charge in [0.2, 0.25) is 0 Å². The Balaban J connectivity index is 1.88. The number of halogens is 1. The molecule has 112 valence electrons. The minimum Gasteiger partial charge on any atom is -0.373 e. The molecule has 0 saturated carbocycles. The fourth-order valence-corrected chi connectivity index (χ4v) is 3.42. The Bertz CT molecular complexity index is 617. The monoisotopic (exact) mass is 348 g/mol. The van der Waals surface area contributed by atoms with Crippen LogP contribution in [0.15, 0.2) is 34.9 Å². The molecular formula is C17H21BrN2O. The third-order valence-electron chi connectivity index (χ3n) is 4.06. The van der Waals surface area contributed by atoms with Crippen LogP contribution in [0.2, 0.25) is 0 Å². The Hall–Kier alpha value is -0.970. The lowest BCUT2D eigenvalue weighted by Crippen LogP contribution is -2.36. The van der Waals surface area contributed by atoms with Crippen LogP contribution in [0, 0.1) is 0 Å². The number of ether oxygens (including phenoxy) is 1. The number of pyridine rings is 1. The number of aromatic nitrogens is 1. The van der Waals surface area contributed by atoms with Crippen LogP contribution in [0.5, 0.6) is 0 Å². The van der Waals surface area contributed by atoms with Gasteiger partial charge in [-0.3, -0.25) is 4.98 Å². The third kappa shape index (κ3) is 3.28. The molecule has 1 fully saturated rings. The highest BCUT2D eigenvalue weighted by Gasteiger charge is 2.25. The van der Waals surface area contributed by atoms with E-state index in [2.05, 4.69) is 51.4 Å². The lowest BCUT2D eigenvalue weighted by atomic mass is 9.95. The maximum atomic E-state index is 6.03. The lowest BCUT2D eigenvalue weighted by molar-refractivity contribution is 0.00110. The van der Waals surface area contributed by atoms with Crippen molar-refractivity contribution in [2.45, 2.75) is 38.3 Å². The molecule has 4 heteroatoms. The van der Waals surface area contributed by atoms with Gasteiger partial charge in [-0.1, -0.05) is 35.0 Å². The van der Waals surface area contributed by atoms with E-state index < -0.39 is 0 Å². The average Bonchev–Trinajstić information content (AvgIpc) is 2.54. The quantitative estimate of drug-likeness (QED) is 0.898. The molecule has 2 unspecified atom stereocenters. The van der Waals surface area contributed by atoms with E-state index in [1.165, 1.54) is 12.0 Å². The van der Waals surface area contributed by atoms with Crippen LogP contribution >= 0.6 is 15.9 Å². The van der Waals surface area contributed by atoms with Crippen molar-refractivity contribution in [2.24, 2.45) is 0 Å². The Morgan fingerprint density at radius 3 is 3.14 bits per heavy atom. The van der Waals surface area contributed by atoms with E-state index in [-0.39, 0.29) is 6.10 Å². The fraction of sp³-hybridized carbons (Fsp3) is 0.471. The van der Waals surface area contributed by atoms with Gasteiger partial charge in [-0.2, -0.15) is 0 Å². The van der Waals surface area contributed by atoms with Crippen molar-refractivity contribution in [2.75, 3.05) is 13.2 Å². The van der Waals surface area contributed by atoms with E-state index in [1.807, 2.05) is 12.3 Å². The van der Waals surface area contributed by atoms with E-state index in [9.17, 15) is 0 Å². The molecule has 0 bridgehead atoms. The first kappa shape index (κ1) is 14.9. The predicted molar refractivity (Wildman–Crippen MR) is 89.5 cm³/mol. The third-order valence-corrected chi connectivity index (χ3v) is 4.75. The lowest BCUT2D eigenvalue weighted by Gasteiger charge is -2.31. The number of hydrogen-bond donors (Lipinski definition) is 1. The van der Waals surface area contributed by atoms with Gasteiger partial charge in [-0.25, -0.2) is 0 Å². The van der Waals surface area contributed by atoms with Gasteiger partial charge in [0.1, 0.15) is 0 Å². The second-order valence-corrected chi connectivity index (χ2v) is 6.43. The van der Waals surface area contributed by atoms with Crippen molar-refractivity contribution in [1.29, 1.82) is 0 Å². The Morgan fingerprint density at radius 2 is 2.29 bits per heavy atom. The van der Waals surface area contributed by atoms with Crippen LogP contribution in [0.4, 0.5) is 0 Å². The summed E-state index contributed by atoms with van der Waals surface area (Å²) >= 11 is 3.61. The van der Waals surface area contributed by atoms with E-state index in [1.54, 1.807) is 0 Å². The molecule has 3 rings (SSSR count). The van der Waals surface area contributed by atoms with Crippen molar-refractivity contribution < 1.29 is 4.74 Å². The highest BCUT2D eigenvalue weighted by atomic mass is 79.9. The minimum atomic E-state index is 0.138. The summed E-state index contributed by atoms with van der Waals surface area (Å²) < 4.78 is 7.12. The summed E-state index contributed by atoms with van der Waals surface area (Å²) in [5, 5.41) is 4.78. The number of rotatable bonds is 4. The summed E-state index contributed by atoms with van der Waals surface area (Å²) in [5.41, 5.74) is 2.25. The van der Waals surface area contributed by atoms with Gasteiger partial charge < -0.3 is 10.1 Å². The molecule has 1 aliphatic heterocycles. The molecule has 1 aromatic heterocycles. The standard InChI is InChI=1S/C17H21BrN2O/c1-2-8-19-12-7-10-21-16(11-12)14-5-6-15(18)13-4-3-9-20-17(13)14/h3-6,9,12,16,19H,2,7-8,10-11H2,1H3. The average molecular weight is 349 g/mol. The van der Waals surface area contributed by atoms with Gasteiger partial charge in [0.05, 0.1) is 11.6 Å². The maximum Gasteiger partial charge on any atom is 0.0860 e. The van der Waals surface area contributed by atoms with E-state index in [0.29, 0.717) is 6.04 Å². The first-order chi connectivity index (χ1) is 10.3. The summed E-state index contributed by atoms with van der Waals surface area (Å²) in [6, 6.07) is 8.87. The number of benzene rings is 1. The van der Waals surface area contributed by atoms with Crippen LogP contribution < -0.4 is 5.32 Å². The first-order valence-electron chi connectivity index (χ1n) is 7.67. The van der Waals surface area contributed by atoms with Gasteiger partial charge in [0.25, 0.3) is 0 Å². The predicted octanol–water partition coefficient (Wildman–Crippen LogP) is 4.22. The zero-order valence-corrected chi connectivity index (χ0v) is 13.9. The number of nitrogens with one attached hydrogen (secondary N) is 1. The van der Waals surface area contributed by atoms with E-state index in [0.717, 1.165) is 41.4 Å². The van der Waals surface area contributed by atoms with Gasteiger partial charge >= 0.3 is 0 Å². The first-order valence-corrected chi connectivity index (χ1v) is 8.47. The van der Waals surface area contributed by atoms with Crippen LogP contribution in [0.3, 0.4) is 0 Å². The van der Waals surface area contributed by atoms with E-state index in [4.69, 9.17) is 4.74 Å². The van der Waals surface area contributed by atoms with Crippen molar-refractivity contribution in [3.05, 3.63) is 40.5 Å². The van der Waals surface area contributed by atoms with E-state index >= 15 is 0 Å². The number of hydrogen-bond acceptors (Lipinski definition) is 3. The van der Waals surface area contributed by atoms with Gasteiger partial charge in [-0.05, 0) is 37.9 Å². The maximum absolute atomic E-state index is 6.03. The molecule has 0 aliphatic carbocycles. The largest absolute Gasteiger partial charge is 0.373 e. The molecular weight excluding hydrogens is 328 g/mol. The Morgan fingerprint density at radius 1 is 1.38 bits per heavy atom. The number of fused-ring (bicyclic) bond motifs is 1. The molecule has 1 saturated heterocycles. The molecule has 2 atom stereocenters. The topological polar surface area (TPSA) is 34.1 Å². The van der Waals surface area contributed by atoms with Crippen molar-refractivity contribution in [1.82, 2.24) is 10.3 Å². The van der Waals surface area contributed by atoms with Crippen molar-refractivity contribution in [3.63, 3.8) is 0 Å². The van der Waals surface area contributed by atoms with Crippen LogP contribution in [-0.4, -0.2) is 24.2 Å². The van der Waals surface area contributed by atoms with Gasteiger partial charge in [0, 0.05) is 34.3 Å². The zero-order valence-electron chi connectivity index (χ0n) is 12.3. The second kappa shape index (κ2) is 6.86. The summed E-state index contributed by atoms with van der Waals surface area (Å²) in [6.07, 6.45) is 5.28. The van der Waals surface area contributed by atoms with Crippen LogP contribution in [0.1, 0.15) is 37.9 Å². The number of nitrogens with zero attached hydrogens (tertiary/aromatic N) is 1. The summed E-state index contributed by atoms with van der Waals surface area (Å²) in [5.74, 6) is 0. The molecule has 1 aliphatic rings. The molecule has 1 aromatic carbocycles. The molecule has 21 heavy (non-hydrogen) atoms. The Kier molecular flexibility index (Phi) is 4.88. The summed E-state index contributed by atoms with van der Waals surface area (Å²) in [6.45, 7) is 4.10. The highest BCUT2D eigenvalue weighted by Crippen LogP contribution is 2.34. The van der Waals surface area contributed by atoms with Gasteiger partial charge in [0.15, 0.2) is 0 Å². The molecule has 0 spiro atoms. The SMILES string of the molecule is CCCNC1CCOC(c2ccc(Br)c3cccnc23)C1. The molecule has 2 heterocycles. The fourth-order valence-electron chi connectivity index (χ4n) is 2.97. The Labute approximate surface area is 134 Å². The van der Waals surface area contributed by atoms with Crippen molar-refractivity contribution in [3.8, 4) is 0 Å². The normalized spacial score (nSPS) is 22.6.